The van der Waals surface area contributed by atoms with Crippen LogP contribution in [0.25, 0.3) is 0 Å². The second-order valence-corrected chi connectivity index (χ2v) is 5.23. The van der Waals surface area contributed by atoms with Crippen LogP contribution in [0, 0.1) is 12.7 Å². The predicted molar refractivity (Wildman–Crippen MR) is 71.3 cm³/mol. The highest BCUT2D eigenvalue weighted by Gasteiger charge is 2.28. The number of halogens is 1. The van der Waals surface area contributed by atoms with Gasteiger partial charge in [-0.1, -0.05) is 6.07 Å². The van der Waals surface area contributed by atoms with Crippen molar-refractivity contribution >= 4 is 0 Å². The maximum atomic E-state index is 13.1. The zero-order valence-electron chi connectivity index (χ0n) is 11.4. The van der Waals surface area contributed by atoms with Crippen molar-refractivity contribution in [3.8, 4) is 0 Å². The Morgan fingerprint density at radius 1 is 1.44 bits per heavy atom. The average Bonchev–Trinajstić information content (AvgIpc) is 2.75. The minimum Gasteiger partial charge on any atom is -0.374 e. The number of ether oxygens (including phenoxy) is 1. The molecule has 1 fully saturated rings. The lowest BCUT2D eigenvalue weighted by atomic mass is 9.96. The van der Waals surface area contributed by atoms with E-state index in [4.69, 9.17) is 4.74 Å². The van der Waals surface area contributed by atoms with Gasteiger partial charge in [0.05, 0.1) is 12.2 Å². The summed E-state index contributed by atoms with van der Waals surface area (Å²) in [6.07, 6.45) is 3.76. The summed E-state index contributed by atoms with van der Waals surface area (Å²) < 4.78 is 19.0. The van der Waals surface area contributed by atoms with Gasteiger partial charge in [0.1, 0.15) is 5.82 Å². The van der Waals surface area contributed by atoms with E-state index in [0.29, 0.717) is 12.1 Å². The van der Waals surface area contributed by atoms with Gasteiger partial charge in [0.15, 0.2) is 0 Å². The van der Waals surface area contributed by atoms with E-state index in [1.54, 1.807) is 6.07 Å². The van der Waals surface area contributed by atoms with Crippen LogP contribution in [-0.2, 0) is 11.2 Å². The molecule has 1 heterocycles. The molecule has 0 saturated carbocycles. The van der Waals surface area contributed by atoms with Crippen LogP contribution < -0.4 is 5.32 Å². The van der Waals surface area contributed by atoms with Gasteiger partial charge in [0.25, 0.3) is 0 Å². The maximum Gasteiger partial charge on any atom is 0.123 e. The summed E-state index contributed by atoms with van der Waals surface area (Å²) >= 11 is 0. The van der Waals surface area contributed by atoms with Crippen molar-refractivity contribution in [2.24, 2.45) is 0 Å². The van der Waals surface area contributed by atoms with Gasteiger partial charge in [-0.15, -0.1) is 0 Å². The van der Waals surface area contributed by atoms with E-state index in [-0.39, 0.29) is 11.9 Å². The molecule has 1 N–H and O–H groups in total. The van der Waals surface area contributed by atoms with Gasteiger partial charge in [-0.3, -0.25) is 0 Å². The van der Waals surface area contributed by atoms with Gasteiger partial charge in [0.2, 0.25) is 0 Å². The van der Waals surface area contributed by atoms with Crippen LogP contribution in [0.4, 0.5) is 4.39 Å². The molecule has 3 atom stereocenters. The van der Waals surface area contributed by atoms with Gasteiger partial charge in [0, 0.05) is 6.04 Å². The van der Waals surface area contributed by atoms with Crippen molar-refractivity contribution < 1.29 is 9.13 Å². The number of rotatable bonds is 4. The molecule has 100 valence electrons. The normalized spacial score (nSPS) is 25.3. The molecule has 2 rings (SSSR count). The fourth-order valence-corrected chi connectivity index (χ4v) is 2.67. The van der Waals surface area contributed by atoms with Crippen molar-refractivity contribution in [2.75, 3.05) is 7.05 Å². The van der Waals surface area contributed by atoms with Crippen LogP contribution in [0.2, 0.25) is 0 Å². The molecular weight excluding hydrogens is 229 g/mol. The molecule has 0 aromatic heterocycles. The molecule has 1 saturated heterocycles. The summed E-state index contributed by atoms with van der Waals surface area (Å²) in [7, 11) is 1.97. The number of hydrogen-bond acceptors (Lipinski definition) is 2. The van der Waals surface area contributed by atoms with Crippen molar-refractivity contribution in [2.45, 2.75) is 51.4 Å². The summed E-state index contributed by atoms with van der Waals surface area (Å²) in [6, 6.07) is 5.32. The first-order chi connectivity index (χ1) is 8.60. The van der Waals surface area contributed by atoms with E-state index in [2.05, 4.69) is 12.2 Å². The topological polar surface area (TPSA) is 21.3 Å². The third kappa shape index (κ3) is 3.09. The van der Waals surface area contributed by atoms with Crippen LogP contribution in [-0.4, -0.2) is 25.3 Å². The monoisotopic (exact) mass is 251 g/mol. The fraction of sp³-hybridized carbons (Fsp3) is 0.600. The van der Waals surface area contributed by atoms with Crippen molar-refractivity contribution in [1.29, 1.82) is 0 Å². The van der Waals surface area contributed by atoms with Crippen molar-refractivity contribution in [3.63, 3.8) is 0 Å². The zero-order chi connectivity index (χ0) is 13.1. The number of nitrogens with one attached hydrogen (secondary N) is 1. The standard InChI is InChI=1S/C15H22FNO/c1-10-8-13(16)6-5-12(10)9-14(17-3)15-7-4-11(2)18-15/h5-6,8,11,14-15,17H,4,7,9H2,1-3H3. The molecule has 0 bridgehead atoms. The first-order valence-electron chi connectivity index (χ1n) is 6.68. The minimum atomic E-state index is -0.164. The third-order valence-electron chi connectivity index (χ3n) is 3.83. The van der Waals surface area contributed by atoms with Crippen LogP contribution in [0.1, 0.15) is 30.9 Å². The SMILES string of the molecule is CNC(Cc1ccc(F)cc1C)C1CCC(C)O1. The largest absolute Gasteiger partial charge is 0.374 e. The Bertz CT molecular complexity index is 407. The third-order valence-corrected chi connectivity index (χ3v) is 3.83. The molecule has 1 aromatic rings. The quantitative estimate of drug-likeness (QED) is 0.888. The predicted octanol–water partition coefficient (Wildman–Crippen LogP) is 2.83. The summed E-state index contributed by atoms with van der Waals surface area (Å²) in [6.45, 7) is 4.08. The molecule has 18 heavy (non-hydrogen) atoms. The molecule has 0 radical (unpaired) electrons. The Hall–Kier alpha value is -0.930. The zero-order valence-corrected chi connectivity index (χ0v) is 11.4. The van der Waals surface area contributed by atoms with Crippen molar-refractivity contribution in [3.05, 3.63) is 35.1 Å². The van der Waals surface area contributed by atoms with E-state index in [1.807, 2.05) is 20.0 Å². The van der Waals surface area contributed by atoms with Crippen LogP contribution in [0.5, 0.6) is 0 Å². The van der Waals surface area contributed by atoms with Gasteiger partial charge in [-0.2, -0.15) is 0 Å². The molecule has 1 aliphatic rings. The molecule has 0 amide bonds. The summed E-state index contributed by atoms with van der Waals surface area (Å²) in [5.74, 6) is -0.164. The molecule has 3 unspecified atom stereocenters. The Morgan fingerprint density at radius 3 is 2.78 bits per heavy atom. The van der Waals surface area contributed by atoms with Crippen LogP contribution in [0.3, 0.4) is 0 Å². The first-order valence-corrected chi connectivity index (χ1v) is 6.68. The summed E-state index contributed by atoms with van der Waals surface area (Å²) in [5.41, 5.74) is 2.21. The van der Waals surface area contributed by atoms with Gasteiger partial charge >= 0.3 is 0 Å². The molecule has 0 spiro atoms. The van der Waals surface area contributed by atoms with E-state index in [0.717, 1.165) is 24.8 Å². The van der Waals surface area contributed by atoms with Gasteiger partial charge in [-0.25, -0.2) is 4.39 Å². The average molecular weight is 251 g/mol. The summed E-state index contributed by atoms with van der Waals surface area (Å²) in [4.78, 5) is 0. The first kappa shape index (κ1) is 13.5. The number of likely N-dealkylation sites (N-methyl/N-ethyl adjacent to an activating group) is 1. The Labute approximate surface area is 109 Å². The number of hydrogen-bond donors (Lipinski definition) is 1. The highest BCUT2D eigenvalue weighted by atomic mass is 19.1. The Balaban J connectivity index is 2.05. The van der Waals surface area contributed by atoms with Gasteiger partial charge in [-0.05, 0) is 63.4 Å². The molecule has 1 aliphatic heterocycles. The number of benzene rings is 1. The Morgan fingerprint density at radius 2 is 2.22 bits per heavy atom. The van der Waals surface area contributed by atoms with Crippen molar-refractivity contribution in [1.82, 2.24) is 5.32 Å². The lowest BCUT2D eigenvalue weighted by molar-refractivity contribution is 0.0337. The van der Waals surface area contributed by atoms with E-state index < -0.39 is 0 Å². The Kier molecular flexibility index (Phi) is 4.36. The highest BCUT2D eigenvalue weighted by Crippen LogP contribution is 2.24. The van der Waals surface area contributed by atoms with E-state index in [9.17, 15) is 4.39 Å². The van der Waals surface area contributed by atoms with Gasteiger partial charge < -0.3 is 10.1 Å². The van der Waals surface area contributed by atoms with Crippen LogP contribution >= 0.6 is 0 Å². The van der Waals surface area contributed by atoms with Crippen LogP contribution in [0.15, 0.2) is 18.2 Å². The smallest absolute Gasteiger partial charge is 0.123 e. The maximum absolute atomic E-state index is 13.1. The molecule has 1 aromatic carbocycles. The number of aryl methyl sites for hydroxylation is 1. The minimum absolute atomic E-state index is 0.164. The molecule has 3 heteroatoms. The fourth-order valence-electron chi connectivity index (χ4n) is 2.67. The van der Waals surface area contributed by atoms with E-state index in [1.165, 1.54) is 11.6 Å². The molecular formula is C15H22FNO. The second-order valence-electron chi connectivity index (χ2n) is 5.23. The molecule has 0 aliphatic carbocycles. The molecule has 2 nitrogen and oxygen atoms in total. The van der Waals surface area contributed by atoms with E-state index >= 15 is 0 Å². The highest BCUT2D eigenvalue weighted by molar-refractivity contribution is 5.27. The lowest BCUT2D eigenvalue weighted by Gasteiger charge is -2.24. The lowest BCUT2D eigenvalue weighted by Crippen LogP contribution is -2.39. The summed E-state index contributed by atoms with van der Waals surface area (Å²) in [5, 5.41) is 3.34. The second kappa shape index (κ2) is 5.81.